The summed E-state index contributed by atoms with van der Waals surface area (Å²) in [5.41, 5.74) is 3.55. The van der Waals surface area contributed by atoms with Gasteiger partial charge in [-0.25, -0.2) is 14.8 Å². The van der Waals surface area contributed by atoms with Gasteiger partial charge in [0.1, 0.15) is 11.5 Å². The minimum absolute atomic E-state index is 0.186. The van der Waals surface area contributed by atoms with E-state index < -0.39 is 0 Å². The highest BCUT2D eigenvalue weighted by Gasteiger charge is 2.26. The van der Waals surface area contributed by atoms with Gasteiger partial charge in [-0.3, -0.25) is 4.79 Å². The number of amides is 2. The molecule has 2 amide bonds. The van der Waals surface area contributed by atoms with Crippen molar-refractivity contribution in [3.05, 3.63) is 47.4 Å². The van der Waals surface area contributed by atoms with Gasteiger partial charge in [-0.05, 0) is 32.4 Å². The summed E-state index contributed by atoms with van der Waals surface area (Å²) >= 11 is 0. The Labute approximate surface area is 164 Å². The van der Waals surface area contributed by atoms with Crippen LogP contribution < -0.4 is 5.32 Å². The van der Waals surface area contributed by atoms with Gasteiger partial charge in [0, 0.05) is 31.9 Å². The summed E-state index contributed by atoms with van der Waals surface area (Å²) in [6.07, 6.45) is 2.70. The average molecular weight is 383 g/mol. The first-order valence-electron chi connectivity index (χ1n) is 9.35. The second-order valence-electron chi connectivity index (χ2n) is 6.71. The average Bonchev–Trinajstić information content (AvgIpc) is 2.70. The standard InChI is InChI=1S/C20H25N5O3/c1-4-28-20(27)25-9-7-24(8-10-25)19(26)17-12-22-18(13-21-17)23-16-6-5-14(2)11-15(16)3/h5-6,11-13H,4,7-10H2,1-3H3,(H,22,23). The number of aromatic nitrogens is 2. The van der Waals surface area contributed by atoms with Gasteiger partial charge < -0.3 is 19.9 Å². The number of aryl methyl sites for hydroxylation is 2. The molecule has 0 aliphatic carbocycles. The number of carbonyl (C=O) groups is 2. The number of hydrogen-bond acceptors (Lipinski definition) is 6. The van der Waals surface area contributed by atoms with Gasteiger partial charge in [0.2, 0.25) is 0 Å². The van der Waals surface area contributed by atoms with Crippen molar-refractivity contribution in [2.24, 2.45) is 0 Å². The Hall–Kier alpha value is -3.16. The molecular weight excluding hydrogens is 358 g/mol. The van der Waals surface area contributed by atoms with E-state index in [9.17, 15) is 9.59 Å². The zero-order valence-corrected chi connectivity index (χ0v) is 16.4. The van der Waals surface area contributed by atoms with Crippen LogP contribution in [0.1, 0.15) is 28.5 Å². The van der Waals surface area contributed by atoms with E-state index in [1.54, 1.807) is 22.9 Å². The number of benzene rings is 1. The molecule has 1 N–H and O–H groups in total. The zero-order chi connectivity index (χ0) is 20.1. The van der Waals surface area contributed by atoms with Crippen molar-refractivity contribution in [2.75, 3.05) is 38.1 Å². The molecule has 0 atom stereocenters. The third kappa shape index (κ3) is 4.57. The molecule has 1 aromatic heterocycles. The van der Waals surface area contributed by atoms with E-state index in [0.717, 1.165) is 11.3 Å². The Morgan fingerprint density at radius 3 is 2.39 bits per heavy atom. The summed E-state index contributed by atoms with van der Waals surface area (Å²) in [5.74, 6) is 0.393. The van der Waals surface area contributed by atoms with Crippen molar-refractivity contribution in [2.45, 2.75) is 20.8 Å². The van der Waals surface area contributed by atoms with Crippen LogP contribution in [0, 0.1) is 13.8 Å². The third-order valence-electron chi connectivity index (χ3n) is 4.61. The Morgan fingerprint density at radius 2 is 1.79 bits per heavy atom. The first kappa shape index (κ1) is 19.6. The van der Waals surface area contributed by atoms with Crippen LogP contribution in [-0.4, -0.2) is 64.6 Å². The summed E-state index contributed by atoms with van der Waals surface area (Å²) in [4.78, 5) is 36.2. The molecule has 0 unspecified atom stereocenters. The van der Waals surface area contributed by atoms with Gasteiger partial charge >= 0.3 is 6.09 Å². The molecule has 8 nitrogen and oxygen atoms in total. The summed E-state index contributed by atoms with van der Waals surface area (Å²) in [5, 5.41) is 3.22. The van der Waals surface area contributed by atoms with Crippen molar-refractivity contribution in [3.8, 4) is 0 Å². The lowest BCUT2D eigenvalue weighted by atomic mass is 10.1. The number of piperazine rings is 1. The molecule has 148 valence electrons. The van der Waals surface area contributed by atoms with E-state index in [-0.39, 0.29) is 17.7 Å². The highest BCUT2D eigenvalue weighted by molar-refractivity contribution is 5.92. The van der Waals surface area contributed by atoms with E-state index in [0.29, 0.717) is 38.6 Å². The maximum Gasteiger partial charge on any atom is 0.409 e. The van der Waals surface area contributed by atoms with Crippen LogP contribution >= 0.6 is 0 Å². The lowest BCUT2D eigenvalue weighted by Crippen LogP contribution is -2.50. The highest BCUT2D eigenvalue weighted by Crippen LogP contribution is 2.20. The van der Waals surface area contributed by atoms with E-state index >= 15 is 0 Å². The first-order chi connectivity index (χ1) is 13.5. The number of ether oxygens (including phenoxy) is 1. The molecule has 0 bridgehead atoms. The zero-order valence-electron chi connectivity index (χ0n) is 16.4. The van der Waals surface area contributed by atoms with Crippen LogP contribution in [0.25, 0.3) is 0 Å². The number of carbonyl (C=O) groups excluding carboxylic acids is 2. The normalized spacial score (nSPS) is 14.0. The lowest BCUT2D eigenvalue weighted by molar-refractivity contribution is 0.0565. The predicted molar refractivity (Wildman–Crippen MR) is 106 cm³/mol. The molecule has 0 radical (unpaired) electrons. The minimum Gasteiger partial charge on any atom is -0.450 e. The van der Waals surface area contributed by atoms with E-state index in [1.165, 1.54) is 11.8 Å². The van der Waals surface area contributed by atoms with Crippen LogP contribution in [0.15, 0.2) is 30.6 Å². The van der Waals surface area contributed by atoms with Crippen LogP contribution in [0.2, 0.25) is 0 Å². The fourth-order valence-corrected chi connectivity index (χ4v) is 3.06. The molecule has 1 fully saturated rings. The Morgan fingerprint density at radius 1 is 1.07 bits per heavy atom. The van der Waals surface area contributed by atoms with Gasteiger partial charge in [0.25, 0.3) is 5.91 Å². The number of nitrogens with zero attached hydrogens (tertiary/aromatic N) is 4. The molecule has 1 saturated heterocycles. The van der Waals surface area contributed by atoms with E-state index in [2.05, 4.69) is 21.4 Å². The van der Waals surface area contributed by atoms with Crippen LogP contribution in [0.3, 0.4) is 0 Å². The van der Waals surface area contributed by atoms with Gasteiger partial charge in [0.05, 0.1) is 19.0 Å². The number of rotatable bonds is 4. The van der Waals surface area contributed by atoms with Crippen molar-refractivity contribution >= 4 is 23.5 Å². The van der Waals surface area contributed by atoms with Gasteiger partial charge in [0.15, 0.2) is 0 Å². The maximum absolute atomic E-state index is 12.6. The molecule has 1 aliphatic heterocycles. The molecule has 8 heteroatoms. The van der Waals surface area contributed by atoms with E-state index in [4.69, 9.17) is 4.74 Å². The molecule has 2 aromatic rings. The maximum atomic E-state index is 12.6. The van der Waals surface area contributed by atoms with Crippen molar-refractivity contribution in [1.82, 2.24) is 19.8 Å². The minimum atomic E-state index is -0.337. The summed E-state index contributed by atoms with van der Waals surface area (Å²) < 4.78 is 4.99. The number of nitrogens with one attached hydrogen (secondary N) is 1. The second kappa shape index (κ2) is 8.69. The smallest absolute Gasteiger partial charge is 0.409 e. The Kier molecular flexibility index (Phi) is 6.08. The van der Waals surface area contributed by atoms with Gasteiger partial charge in [-0.1, -0.05) is 17.7 Å². The molecule has 28 heavy (non-hydrogen) atoms. The predicted octanol–water partition coefficient (Wildman–Crippen LogP) is 2.75. The Balaban J connectivity index is 1.59. The van der Waals surface area contributed by atoms with Crippen molar-refractivity contribution in [1.29, 1.82) is 0 Å². The van der Waals surface area contributed by atoms with Gasteiger partial charge in [-0.2, -0.15) is 0 Å². The summed E-state index contributed by atoms with van der Waals surface area (Å²) in [6.45, 7) is 7.98. The first-order valence-corrected chi connectivity index (χ1v) is 9.35. The highest BCUT2D eigenvalue weighted by atomic mass is 16.6. The quantitative estimate of drug-likeness (QED) is 0.873. The molecular formula is C20H25N5O3. The second-order valence-corrected chi connectivity index (χ2v) is 6.71. The van der Waals surface area contributed by atoms with E-state index in [1.807, 2.05) is 26.0 Å². The summed E-state index contributed by atoms with van der Waals surface area (Å²) in [6, 6.07) is 6.11. The number of anilines is 2. The Bertz CT molecular complexity index is 845. The molecule has 3 rings (SSSR count). The summed E-state index contributed by atoms with van der Waals surface area (Å²) in [7, 11) is 0. The molecule has 2 heterocycles. The van der Waals surface area contributed by atoms with Gasteiger partial charge in [-0.15, -0.1) is 0 Å². The molecule has 1 aromatic carbocycles. The molecule has 0 saturated carbocycles. The fourth-order valence-electron chi connectivity index (χ4n) is 3.06. The molecule has 1 aliphatic rings. The van der Waals surface area contributed by atoms with Crippen LogP contribution in [0.5, 0.6) is 0 Å². The third-order valence-corrected chi connectivity index (χ3v) is 4.61. The monoisotopic (exact) mass is 383 g/mol. The largest absolute Gasteiger partial charge is 0.450 e. The fraction of sp³-hybridized carbons (Fsp3) is 0.400. The SMILES string of the molecule is CCOC(=O)N1CCN(C(=O)c2cnc(Nc3ccc(C)cc3C)cn2)CC1. The van der Waals surface area contributed by atoms with Crippen LogP contribution in [-0.2, 0) is 4.74 Å². The van der Waals surface area contributed by atoms with Crippen molar-refractivity contribution < 1.29 is 14.3 Å². The lowest BCUT2D eigenvalue weighted by Gasteiger charge is -2.33. The molecule has 0 spiro atoms. The van der Waals surface area contributed by atoms with Crippen LogP contribution in [0.4, 0.5) is 16.3 Å². The van der Waals surface area contributed by atoms with Crippen molar-refractivity contribution in [3.63, 3.8) is 0 Å². The number of hydrogen-bond donors (Lipinski definition) is 1. The topological polar surface area (TPSA) is 87.7 Å².